The molecule has 2 aromatic heterocycles. The topological polar surface area (TPSA) is 107 Å². The van der Waals surface area contributed by atoms with E-state index in [9.17, 15) is 5.11 Å². The minimum atomic E-state index is -0.331. The first-order valence-electron chi connectivity index (χ1n) is 11.2. The first-order chi connectivity index (χ1) is 16.3. The monoisotopic (exact) mass is 454 g/mol. The van der Waals surface area contributed by atoms with Crippen molar-refractivity contribution in [1.82, 2.24) is 24.4 Å². The highest BCUT2D eigenvalue weighted by molar-refractivity contribution is 5.83. The average molecular weight is 454 g/mol. The standard InChI is InChI=1S/C22H26N6O5/c29-11-16-9-26(8-15-1-2-17-18(7-15)32-14-31-17)10-19(33-16)28-13-25-20-21(23-12-24-22(20)28)27-3-5-30-6-4-27/h1-2,7,12-13,16,19,29H,3-6,8-11,14H2/t16-,19+/m0/s1. The van der Waals surface area contributed by atoms with Crippen molar-refractivity contribution in [3.8, 4) is 11.5 Å². The number of anilines is 1. The van der Waals surface area contributed by atoms with E-state index in [0.717, 1.165) is 47.1 Å². The minimum absolute atomic E-state index is 0.0607. The van der Waals surface area contributed by atoms with Crippen LogP contribution >= 0.6 is 0 Å². The first-order valence-corrected chi connectivity index (χ1v) is 11.2. The number of ether oxygens (including phenoxy) is 4. The molecule has 0 radical (unpaired) electrons. The maximum Gasteiger partial charge on any atom is 0.231 e. The van der Waals surface area contributed by atoms with Gasteiger partial charge in [-0.15, -0.1) is 0 Å². The lowest BCUT2D eigenvalue weighted by Gasteiger charge is -2.38. The van der Waals surface area contributed by atoms with Crippen molar-refractivity contribution in [2.75, 3.05) is 57.7 Å². The maximum atomic E-state index is 9.89. The number of fused-ring (bicyclic) bond motifs is 2. The minimum Gasteiger partial charge on any atom is -0.454 e. The molecule has 5 heterocycles. The Morgan fingerprint density at radius 2 is 1.91 bits per heavy atom. The van der Waals surface area contributed by atoms with Crippen LogP contribution in [0.5, 0.6) is 11.5 Å². The normalized spacial score (nSPS) is 23.4. The summed E-state index contributed by atoms with van der Waals surface area (Å²) in [5.74, 6) is 2.35. The van der Waals surface area contributed by atoms with Gasteiger partial charge in [0, 0.05) is 32.7 Å². The summed E-state index contributed by atoms with van der Waals surface area (Å²) in [6.07, 6.45) is 2.69. The molecule has 11 heteroatoms. The van der Waals surface area contributed by atoms with E-state index in [1.165, 1.54) is 0 Å². The molecule has 11 nitrogen and oxygen atoms in total. The highest BCUT2D eigenvalue weighted by atomic mass is 16.7. The summed E-state index contributed by atoms with van der Waals surface area (Å²) >= 11 is 0. The molecule has 0 spiro atoms. The van der Waals surface area contributed by atoms with Gasteiger partial charge >= 0.3 is 0 Å². The van der Waals surface area contributed by atoms with Gasteiger partial charge in [-0.2, -0.15) is 0 Å². The molecule has 1 aromatic carbocycles. The third-order valence-electron chi connectivity index (χ3n) is 6.23. The van der Waals surface area contributed by atoms with Gasteiger partial charge in [-0.05, 0) is 17.7 Å². The zero-order chi connectivity index (χ0) is 22.2. The summed E-state index contributed by atoms with van der Waals surface area (Å²) < 4.78 is 24.5. The Labute approximate surface area is 190 Å². The summed E-state index contributed by atoms with van der Waals surface area (Å²) in [4.78, 5) is 18.1. The second-order valence-corrected chi connectivity index (χ2v) is 8.40. The van der Waals surface area contributed by atoms with E-state index in [1.807, 2.05) is 22.8 Å². The molecule has 1 N–H and O–H groups in total. The average Bonchev–Trinajstić information content (AvgIpc) is 3.51. The number of hydrogen-bond acceptors (Lipinski definition) is 10. The highest BCUT2D eigenvalue weighted by Gasteiger charge is 2.31. The molecule has 0 amide bonds. The Balaban J connectivity index is 1.25. The van der Waals surface area contributed by atoms with Gasteiger partial charge in [0.05, 0.1) is 32.3 Å². The number of nitrogens with zero attached hydrogens (tertiary/aromatic N) is 6. The van der Waals surface area contributed by atoms with Crippen LogP contribution in [-0.2, 0) is 16.0 Å². The van der Waals surface area contributed by atoms with Crippen LogP contribution in [0, 0.1) is 0 Å². The number of aliphatic hydroxyl groups excluding tert-OH is 1. The van der Waals surface area contributed by atoms with Crippen LogP contribution in [0.4, 0.5) is 5.82 Å². The summed E-state index contributed by atoms with van der Waals surface area (Å²) in [5.41, 5.74) is 2.58. The lowest BCUT2D eigenvalue weighted by atomic mass is 10.1. The van der Waals surface area contributed by atoms with Crippen molar-refractivity contribution >= 4 is 17.0 Å². The van der Waals surface area contributed by atoms with Gasteiger partial charge in [-0.3, -0.25) is 9.47 Å². The SMILES string of the molecule is OC[C@@H]1CN(Cc2ccc3c(c2)OCO3)C[C@H](n2cnc3c(N4CCOCC4)ncnc32)O1. The van der Waals surface area contributed by atoms with Gasteiger partial charge in [0.1, 0.15) is 12.6 Å². The fraction of sp³-hybridized carbons (Fsp3) is 0.500. The van der Waals surface area contributed by atoms with E-state index in [1.54, 1.807) is 12.7 Å². The van der Waals surface area contributed by atoms with Gasteiger partial charge in [-0.25, -0.2) is 15.0 Å². The Bertz CT molecular complexity index is 1130. The van der Waals surface area contributed by atoms with Crippen LogP contribution in [0.1, 0.15) is 11.8 Å². The lowest BCUT2D eigenvalue weighted by molar-refractivity contribution is -0.135. The van der Waals surface area contributed by atoms with E-state index in [-0.39, 0.29) is 25.7 Å². The van der Waals surface area contributed by atoms with Crippen LogP contribution in [0.2, 0.25) is 0 Å². The number of morpholine rings is 2. The number of hydrogen-bond donors (Lipinski definition) is 1. The van der Waals surface area contributed by atoms with Crippen LogP contribution < -0.4 is 14.4 Å². The Morgan fingerprint density at radius 1 is 1.03 bits per heavy atom. The third kappa shape index (κ3) is 3.97. The summed E-state index contributed by atoms with van der Waals surface area (Å²) in [7, 11) is 0. The number of benzene rings is 1. The van der Waals surface area contributed by atoms with Crippen LogP contribution in [0.25, 0.3) is 11.2 Å². The Morgan fingerprint density at radius 3 is 2.79 bits per heavy atom. The van der Waals surface area contributed by atoms with E-state index in [0.29, 0.717) is 32.8 Å². The molecule has 3 aliphatic heterocycles. The molecule has 6 rings (SSSR count). The molecule has 174 valence electrons. The van der Waals surface area contributed by atoms with E-state index in [2.05, 4.69) is 24.8 Å². The molecule has 3 aromatic rings. The van der Waals surface area contributed by atoms with Crippen molar-refractivity contribution in [2.45, 2.75) is 18.9 Å². The van der Waals surface area contributed by atoms with Crippen molar-refractivity contribution in [3.63, 3.8) is 0 Å². The second kappa shape index (κ2) is 8.75. The van der Waals surface area contributed by atoms with Crippen molar-refractivity contribution < 1.29 is 24.1 Å². The molecule has 0 aliphatic carbocycles. The van der Waals surface area contributed by atoms with E-state index < -0.39 is 0 Å². The molecule has 0 unspecified atom stereocenters. The molecule has 3 aliphatic rings. The molecule has 0 bridgehead atoms. The Hall–Kier alpha value is -2.99. The zero-order valence-corrected chi connectivity index (χ0v) is 18.2. The fourth-order valence-electron chi connectivity index (χ4n) is 4.63. The second-order valence-electron chi connectivity index (χ2n) is 8.40. The summed E-state index contributed by atoms with van der Waals surface area (Å²) in [6, 6.07) is 5.99. The predicted molar refractivity (Wildman–Crippen MR) is 117 cm³/mol. The smallest absolute Gasteiger partial charge is 0.231 e. The maximum absolute atomic E-state index is 9.89. The van der Waals surface area contributed by atoms with E-state index >= 15 is 0 Å². The van der Waals surface area contributed by atoms with E-state index in [4.69, 9.17) is 18.9 Å². The number of aromatic nitrogens is 4. The van der Waals surface area contributed by atoms with Gasteiger partial charge < -0.3 is 29.0 Å². The molecule has 2 atom stereocenters. The molecule has 0 saturated carbocycles. The fourth-order valence-corrected chi connectivity index (χ4v) is 4.63. The van der Waals surface area contributed by atoms with Crippen molar-refractivity contribution in [2.24, 2.45) is 0 Å². The molecule has 2 saturated heterocycles. The van der Waals surface area contributed by atoms with Gasteiger partial charge in [0.2, 0.25) is 6.79 Å². The van der Waals surface area contributed by atoms with Crippen molar-refractivity contribution in [3.05, 3.63) is 36.4 Å². The first kappa shape index (κ1) is 20.6. The van der Waals surface area contributed by atoms with Crippen LogP contribution in [0.15, 0.2) is 30.9 Å². The molecule has 33 heavy (non-hydrogen) atoms. The van der Waals surface area contributed by atoms with Gasteiger partial charge in [0.15, 0.2) is 28.5 Å². The summed E-state index contributed by atoms with van der Waals surface area (Å²) in [6.45, 7) is 5.05. The van der Waals surface area contributed by atoms with Crippen LogP contribution in [0.3, 0.4) is 0 Å². The molecule has 2 fully saturated rings. The third-order valence-corrected chi connectivity index (χ3v) is 6.23. The predicted octanol–water partition coefficient (Wildman–Crippen LogP) is 0.784. The lowest BCUT2D eigenvalue weighted by Crippen LogP contribution is -2.46. The number of rotatable bonds is 5. The highest BCUT2D eigenvalue weighted by Crippen LogP contribution is 2.33. The van der Waals surface area contributed by atoms with Crippen molar-refractivity contribution in [1.29, 1.82) is 0 Å². The quantitative estimate of drug-likeness (QED) is 0.594. The zero-order valence-electron chi connectivity index (χ0n) is 18.2. The largest absolute Gasteiger partial charge is 0.454 e. The van der Waals surface area contributed by atoms with Gasteiger partial charge in [-0.1, -0.05) is 6.07 Å². The van der Waals surface area contributed by atoms with Gasteiger partial charge in [0.25, 0.3) is 0 Å². The molecular weight excluding hydrogens is 428 g/mol. The summed E-state index contributed by atoms with van der Waals surface area (Å²) in [5, 5.41) is 9.89. The number of aliphatic hydroxyl groups is 1. The Kier molecular flexibility index (Phi) is 5.46. The molecular formula is C22H26N6O5. The number of imidazole rings is 1. The van der Waals surface area contributed by atoms with Crippen LogP contribution in [-0.4, -0.2) is 88.4 Å².